The zero-order valence-electron chi connectivity index (χ0n) is 9.81. The van der Waals surface area contributed by atoms with E-state index in [1.807, 2.05) is 24.3 Å². The van der Waals surface area contributed by atoms with E-state index in [2.05, 4.69) is 33.1 Å². The third-order valence-corrected chi connectivity index (χ3v) is 3.26. The van der Waals surface area contributed by atoms with Crippen LogP contribution in [0.5, 0.6) is 0 Å². The number of hydrogen-bond donors (Lipinski definition) is 1. The molecule has 2 aromatic rings. The number of carbonyl (C=O) groups excluding carboxylic acids is 1. The van der Waals surface area contributed by atoms with Gasteiger partial charge in [-0.3, -0.25) is 4.79 Å². The van der Waals surface area contributed by atoms with Crippen molar-refractivity contribution in [3.63, 3.8) is 0 Å². The Morgan fingerprint density at radius 1 is 1.21 bits per heavy atom. The van der Waals surface area contributed by atoms with Gasteiger partial charge < -0.3 is 0 Å². The number of nitrogens with zero attached hydrogens (tertiary/aromatic N) is 1. The Kier molecular flexibility index (Phi) is 4.93. The summed E-state index contributed by atoms with van der Waals surface area (Å²) in [7, 11) is 0. The average Bonchev–Trinajstić information content (AvgIpc) is 2.41. The van der Waals surface area contributed by atoms with Crippen molar-refractivity contribution in [1.29, 1.82) is 0 Å². The maximum absolute atomic E-state index is 11.8. The summed E-state index contributed by atoms with van der Waals surface area (Å²) in [6.45, 7) is 0. The lowest BCUT2D eigenvalue weighted by Crippen LogP contribution is -2.17. The van der Waals surface area contributed by atoms with Gasteiger partial charge in [-0.25, -0.2) is 5.43 Å². The molecule has 0 aliphatic heterocycles. The normalized spacial score (nSPS) is 10.6. The molecule has 0 radical (unpaired) electrons. The molecule has 0 aliphatic rings. The van der Waals surface area contributed by atoms with E-state index in [-0.39, 0.29) is 5.91 Å². The number of nitrogens with one attached hydrogen (secondary N) is 1. The van der Waals surface area contributed by atoms with Crippen molar-refractivity contribution in [2.75, 3.05) is 0 Å². The van der Waals surface area contributed by atoms with Crippen molar-refractivity contribution in [3.8, 4) is 0 Å². The molecule has 1 N–H and O–H groups in total. The molecule has 1 amide bonds. The Balaban J connectivity index is 1.98. The lowest BCUT2D eigenvalue weighted by atomic mass is 10.2. The first-order valence-electron chi connectivity index (χ1n) is 5.50. The molecular formula is C14H10ClIN2O. The van der Waals surface area contributed by atoms with Crippen molar-refractivity contribution in [1.82, 2.24) is 5.43 Å². The van der Waals surface area contributed by atoms with Crippen molar-refractivity contribution in [2.24, 2.45) is 5.10 Å². The van der Waals surface area contributed by atoms with E-state index in [0.29, 0.717) is 10.6 Å². The number of halogens is 2. The van der Waals surface area contributed by atoms with Crippen LogP contribution in [0.3, 0.4) is 0 Å². The fraction of sp³-hybridized carbons (Fsp3) is 0. The van der Waals surface area contributed by atoms with E-state index in [9.17, 15) is 4.79 Å². The average molecular weight is 385 g/mol. The molecule has 3 nitrogen and oxygen atoms in total. The SMILES string of the molecule is O=C(N/N=C\c1ccc(Cl)cc1)c1cccc(I)c1. The number of rotatable bonds is 3. The van der Waals surface area contributed by atoms with E-state index in [1.54, 1.807) is 30.5 Å². The maximum atomic E-state index is 11.8. The predicted molar refractivity (Wildman–Crippen MR) is 85.7 cm³/mol. The van der Waals surface area contributed by atoms with Gasteiger partial charge in [0.25, 0.3) is 5.91 Å². The molecule has 0 unspecified atom stereocenters. The topological polar surface area (TPSA) is 41.5 Å². The summed E-state index contributed by atoms with van der Waals surface area (Å²) < 4.78 is 1.01. The van der Waals surface area contributed by atoms with Crippen molar-refractivity contribution in [3.05, 3.63) is 68.3 Å². The first kappa shape index (κ1) is 14.0. The highest BCUT2D eigenvalue weighted by molar-refractivity contribution is 14.1. The van der Waals surface area contributed by atoms with Crippen LogP contribution >= 0.6 is 34.2 Å². The van der Waals surface area contributed by atoms with Crippen molar-refractivity contribution >= 4 is 46.3 Å². The van der Waals surface area contributed by atoms with Crippen LogP contribution in [0.4, 0.5) is 0 Å². The van der Waals surface area contributed by atoms with Crippen LogP contribution < -0.4 is 5.43 Å². The van der Waals surface area contributed by atoms with Gasteiger partial charge in [0.1, 0.15) is 0 Å². The summed E-state index contributed by atoms with van der Waals surface area (Å²) in [5, 5.41) is 4.57. The summed E-state index contributed by atoms with van der Waals surface area (Å²) in [4.78, 5) is 11.8. The minimum absolute atomic E-state index is 0.233. The minimum atomic E-state index is -0.233. The Bertz CT molecular complexity index is 611. The fourth-order valence-corrected chi connectivity index (χ4v) is 2.08. The Morgan fingerprint density at radius 3 is 2.63 bits per heavy atom. The Morgan fingerprint density at radius 2 is 1.95 bits per heavy atom. The van der Waals surface area contributed by atoms with Crippen molar-refractivity contribution < 1.29 is 4.79 Å². The summed E-state index contributed by atoms with van der Waals surface area (Å²) >= 11 is 7.93. The van der Waals surface area contributed by atoms with Gasteiger partial charge in [0.2, 0.25) is 0 Å². The van der Waals surface area contributed by atoms with E-state index >= 15 is 0 Å². The van der Waals surface area contributed by atoms with E-state index in [4.69, 9.17) is 11.6 Å². The lowest BCUT2D eigenvalue weighted by molar-refractivity contribution is 0.0955. The first-order valence-corrected chi connectivity index (χ1v) is 6.95. The molecule has 0 fully saturated rings. The molecule has 0 spiro atoms. The molecule has 0 bridgehead atoms. The molecule has 0 heterocycles. The second-order valence-electron chi connectivity index (χ2n) is 3.76. The molecule has 0 atom stereocenters. The predicted octanol–water partition coefficient (Wildman–Crippen LogP) is 3.71. The number of carbonyl (C=O) groups is 1. The standard InChI is InChI=1S/C14H10ClIN2O/c15-12-6-4-10(5-7-12)9-17-18-14(19)11-2-1-3-13(16)8-11/h1-9H,(H,18,19)/b17-9-. The third kappa shape index (κ3) is 4.33. The van der Waals surface area contributed by atoms with Crippen LogP contribution in [0.15, 0.2) is 53.6 Å². The molecule has 0 saturated carbocycles. The molecule has 2 aromatic carbocycles. The van der Waals surface area contributed by atoms with Crippen LogP contribution in [-0.4, -0.2) is 12.1 Å². The number of hydrogen-bond acceptors (Lipinski definition) is 2. The van der Waals surface area contributed by atoms with Crippen LogP contribution in [0.2, 0.25) is 5.02 Å². The van der Waals surface area contributed by atoms with Gasteiger partial charge in [0.05, 0.1) is 6.21 Å². The van der Waals surface area contributed by atoms with Crippen LogP contribution in [-0.2, 0) is 0 Å². The van der Waals surface area contributed by atoms with Gasteiger partial charge in [-0.15, -0.1) is 0 Å². The maximum Gasteiger partial charge on any atom is 0.271 e. The van der Waals surface area contributed by atoms with E-state index in [1.165, 1.54) is 0 Å². The quantitative estimate of drug-likeness (QED) is 0.489. The molecule has 19 heavy (non-hydrogen) atoms. The van der Waals surface area contributed by atoms with Crippen LogP contribution in [0.25, 0.3) is 0 Å². The summed E-state index contributed by atoms with van der Waals surface area (Å²) in [5.41, 5.74) is 3.93. The van der Waals surface area contributed by atoms with E-state index < -0.39 is 0 Å². The van der Waals surface area contributed by atoms with Gasteiger partial charge in [-0.2, -0.15) is 5.10 Å². The number of hydrazone groups is 1. The Labute approximate surface area is 129 Å². The summed E-state index contributed by atoms with van der Waals surface area (Å²) in [6.07, 6.45) is 1.57. The molecule has 5 heteroatoms. The summed E-state index contributed by atoms with van der Waals surface area (Å²) in [5.74, 6) is -0.233. The highest BCUT2D eigenvalue weighted by atomic mass is 127. The molecule has 0 aromatic heterocycles. The Hall–Kier alpha value is -1.40. The van der Waals surface area contributed by atoms with Gasteiger partial charge in [0.15, 0.2) is 0 Å². The monoisotopic (exact) mass is 384 g/mol. The fourth-order valence-electron chi connectivity index (χ4n) is 1.41. The molecule has 0 saturated heterocycles. The van der Waals surface area contributed by atoms with Crippen molar-refractivity contribution in [2.45, 2.75) is 0 Å². The van der Waals surface area contributed by atoms with Crippen LogP contribution in [0, 0.1) is 3.57 Å². The molecule has 0 aliphatic carbocycles. The smallest absolute Gasteiger partial charge is 0.267 e. The number of benzene rings is 2. The molecular weight excluding hydrogens is 375 g/mol. The lowest BCUT2D eigenvalue weighted by Gasteiger charge is -2.00. The van der Waals surface area contributed by atoms with Gasteiger partial charge >= 0.3 is 0 Å². The molecule has 96 valence electrons. The summed E-state index contributed by atoms with van der Waals surface area (Å²) in [6, 6.07) is 14.5. The van der Waals surface area contributed by atoms with Gasteiger partial charge in [-0.1, -0.05) is 29.8 Å². The van der Waals surface area contributed by atoms with Crippen LogP contribution in [0.1, 0.15) is 15.9 Å². The van der Waals surface area contributed by atoms with E-state index in [0.717, 1.165) is 9.13 Å². The highest BCUT2D eigenvalue weighted by Crippen LogP contribution is 2.08. The third-order valence-electron chi connectivity index (χ3n) is 2.34. The zero-order chi connectivity index (χ0) is 13.7. The second kappa shape index (κ2) is 6.68. The second-order valence-corrected chi connectivity index (χ2v) is 5.44. The first-order chi connectivity index (χ1) is 9.15. The molecule has 2 rings (SSSR count). The van der Waals surface area contributed by atoms with Gasteiger partial charge in [0, 0.05) is 14.2 Å². The largest absolute Gasteiger partial charge is 0.271 e. The zero-order valence-corrected chi connectivity index (χ0v) is 12.7. The highest BCUT2D eigenvalue weighted by Gasteiger charge is 2.03. The number of amides is 1. The minimum Gasteiger partial charge on any atom is -0.267 e. The van der Waals surface area contributed by atoms with Gasteiger partial charge in [-0.05, 0) is 58.5 Å².